The summed E-state index contributed by atoms with van der Waals surface area (Å²) in [6.07, 6.45) is 1.67. The van der Waals surface area contributed by atoms with Crippen molar-refractivity contribution in [1.82, 2.24) is 10.1 Å². The number of halogens is 2. The lowest BCUT2D eigenvalue weighted by Crippen LogP contribution is -2.11. The average molecular weight is 270 g/mol. The van der Waals surface area contributed by atoms with Crippen molar-refractivity contribution in [2.75, 3.05) is 0 Å². The molecule has 0 aliphatic carbocycles. The number of hydrogen-bond donors (Lipinski definition) is 1. The second-order valence-corrected chi connectivity index (χ2v) is 4.41. The molecule has 1 heterocycles. The highest BCUT2D eigenvalue weighted by molar-refractivity contribution is 6.30. The quantitative estimate of drug-likeness (QED) is 0.925. The van der Waals surface area contributed by atoms with Crippen LogP contribution in [0.1, 0.15) is 31.6 Å². The molecule has 0 amide bonds. The maximum Gasteiger partial charge on any atom is 0.260 e. The zero-order valence-corrected chi connectivity index (χ0v) is 10.6. The molecule has 6 heteroatoms. The van der Waals surface area contributed by atoms with Gasteiger partial charge in [-0.3, -0.25) is 0 Å². The molecule has 1 unspecified atom stereocenters. The normalized spacial score (nSPS) is 12.7. The van der Waals surface area contributed by atoms with E-state index in [2.05, 4.69) is 10.1 Å². The molecule has 0 spiro atoms. The van der Waals surface area contributed by atoms with Crippen LogP contribution in [-0.4, -0.2) is 10.1 Å². The molecule has 0 aliphatic rings. The van der Waals surface area contributed by atoms with Crippen molar-refractivity contribution in [1.29, 1.82) is 0 Å². The van der Waals surface area contributed by atoms with E-state index < -0.39 is 5.82 Å². The van der Waals surface area contributed by atoms with E-state index in [0.717, 1.165) is 12.8 Å². The number of aromatic nitrogens is 2. The van der Waals surface area contributed by atoms with Gasteiger partial charge in [0.1, 0.15) is 5.82 Å². The highest BCUT2D eigenvalue weighted by Crippen LogP contribution is 2.25. The van der Waals surface area contributed by atoms with Gasteiger partial charge in [0.05, 0.1) is 11.6 Å². The summed E-state index contributed by atoms with van der Waals surface area (Å²) in [6.45, 7) is 2.01. The van der Waals surface area contributed by atoms with E-state index in [1.165, 1.54) is 12.1 Å². The Morgan fingerprint density at radius 2 is 2.28 bits per heavy atom. The molecule has 2 aromatic rings. The third-order valence-corrected chi connectivity index (χ3v) is 2.77. The molecule has 2 N–H and O–H groups in total. The first-order chi connectivity index (χ1) is 8.61. The van der Waals surface area contributed by atoms with E-state index in [-0.39, 0.29) is 17.5 Å². The smallest absolute Gasteiger partial charge is 0.260 e. The predicted molar refractivity (Wildman–Crippen MR) is 66.5 cm³/mol. The topological polar surface area (TPSA) is 64.9 Å². The first-order valence-corrected chi connectivity index (χ1v) is 6.04. The van der Waals surface area contributed by atoms with Gasteiger partial charge in [-0.1, -0.05) is 30.1 Å². The van der Waals surface area contributed by atoms with E-state index >= 15 is 0 Å². The van der Waals surface area contributed by atoms with Crippen LogP contribution in [0.5, 0.6) is 0 Å². The average Bonchev–Trinajstić information content (AvgIpc) is 2.78. The molecule has 18 heavy (non-hydrogen) atoms. The zero-order valence-electron chi connectivity index (χ0n) is 9.86. The molecule has 1 atom stereocenters. The Labute approximate surface area is 109 Å². The monoisotopic (exact) mass is 269 g/mol. The Hall–Kier alpha value is -1.46. The first-order valence-electron chi connectivity index (χ1n) is 5.66. The second kappa shape index (κ2) is 5.46. The maximum absolute atomic E-state index is 13.7. The fourth-order valence-electron chi connectivity index (χ4n) is 1.60. The standard InChI is InChI=1S/C12H13ClFN3O/c1-2-3-10(15)11-16-12(18-17-11)8-5-4-7(13)6-9(8)14/h4-6,10H,2-3,15H2,1H3. The third-order valence-electron chi connectivity index (χ3n) is 2.53. The van der Waals surface area contributed by atoms with Gasteiger partial charge in [0.15, 0.2) is 5.82 Å². The molecular weight excluding hydrogens is 257 g/mol. The number of benzene rings is 1. The fraction of sp³-hybridized carbons (Fsp3) is 0.333. The minimum absolute atomic E-state index is 0.116. The van der Waals surface area contributed by atoms with Gasteiger partial charge in [-0.25, -0.2) is 4.39 Å². The first kappa shape index (κ1) is 13.0. The van der Waals surface area contributed by atoms with Crippen LogP contribution in [0.3, 0.4) is 0 Å². The number of hydrogen-bond acceptors (Lipinski definition) is 4. The lowest BCUT2D eigenvalue weighted by molar-refractivity contribution is 0.411. The third kappa shape index (κ3) is 2.68. The highest BCUT2D eigenvalue weighted by atomic mass is 35.5. The van der Waals surface area contributed by atoms with Crippen LogP contribution in [0.4, 0.5) is 4.39 Å². The molecule has 0 saturated carbocycles. The molecule has 0 aliphatic heterocycles. The fourth-order valence-corrected chi connectivity index (χ4v) is 1.76. The van der Waals surface area contributed by atoms with Crippen LogP contribution in [0.2, 0.25) is 5.02 Å². The Morgan fingerprint density at radius 1 is 1.50 bits per heavy atom. The van der Waals surface area contributed by atoms with Gasteiger partial charge in [-0.2, -0.15) is 4.98 Å². The molecule has 0 radical (unpaired) electrons. The predicted octanol–water partition coefficient (Wildman–Crippen LogP) is 3.33. The summed E-state index contributed by atoms with van der Waals surface area (Å²) < 4.78 is 18.7. The van der Waals surface area contributed by atoms with Gasteiger partial charge in [-0.15, -0.1) is 0 Å². The molecule has 0 saturated heterocycles. The summed E-state index contributed by atoms with van der Waals surface area (Å²) in [4.78, 5) is 4.10. The Kier molecular flexibility index (Phi) is 3.93. The highest BCUT2D eigenvalue weighted by Gasteiger charge is 2.17. The van der Waals surface area contributed by atoms with Crippen LogP contribution < -0.4 is 5.73 Å². The minimum Gasteiger partial charge on any atom is -0.334 e. The molecule has 1 aromatic carbocycles. The summed E-state index contributed by atoms with van der Waals surface area (Å²) in [5.41, 5.74) is 6.08. The molecule has 2 rings (SSSR count). The van der Waals surface area contributed by atoms with Gasteiger partial charge in [0.2, 0.25) is 0 Å². The van der Waals surface area contributed by atoms with Crippen LogP contribution in [0.25, 0.3) is 11.5 Å². The van der Waals surface area contributed by atoms with E-state index in [1.807, 2.05) is 6.92 Å². The van der Waals surface area contributed by atoms with E-state index in [4.69, 9.17) is 21.9 Å². The zero-order chi connectivity index (χ0) is 13.1. The Balaban J connectivity index is 2.29. The lowest BCUT2D eigenvalue weighted by atomic mass is 10.1. The molecule has 0 bridgehead atoms. The van der Waals surface area contributed by atoms with Crippen molar-refractivity contribution in [3.63, 3.8) is 0 Å². The molecule has 4 nitrogen and oxygen atoms in total. The van der Waals surface area contributed by atoms with E-state index in [1.54, 1.807) is 6.07 Å². The van der Waals surface area contributed by atoms with Gasteiger partial charge < -0.3 is 10.3 Å². The number of rotatable bonds is 4. The van der Waals surface area contributed by atoms with E-state index in [0.29, 0.717) is 10.8 Å². The van der Waals surface area contributed by atoms with Crippen molar-refractivity contribution in [2.45, 2.75) is 25.8 Å². The van der Waals surface area contributed by atoms with Crippen LogP contribution in [0.15, 0.2) is 22.7 Å². The van der Waals surface area contributed by atoms with Gasteiger partial charge in [-0.05, 0) is 24.6 Å². The van der Waals surface area contributed by atoms with Crippen LogP contribution >= 0.6 is 11.6 Å². The summed E-state index contributed by atoms with van der Waals surface area (Å²) >= 11 is 5.67. The minimum atomic E-state index is -0.498. The van der Waals surface area contributed by atoms with Crippen LogP contribution in [-0.2, 0) is 0 Å². The molecule has 0 fully saturated rings. The number of nitrogens with two attached hydrogens (primary N) is 1. The van der Waals surface area contributed by atoms with E-state index in [9.17, 15) is 4.39 Å². The molecule has 96 valence electrons. The second-order valence-electron chi connectivity index (χ2n) is 3.98. The Bertz CT molecular complexity index is 544. The lowest BCUT2D eigenvalue weighted by Gasteiger charge is -2.02. The molecular formula is C12H13ClFN3O. The maximum atomic E-state index is 13.7. The van der Waals surface area contributed by atoms with Gasteiger partial charge >= 0.3 is 0 Å². The van der Waals surface area contributed by atoms with Crippen molar-refractivity contribution in [2.24, 2.45) is 5.73 Å². The summed E-state index contributed by atoms with van der Waals surface area (Å²) in [5.74, 6) is 0.00804. The summed E-state index contributed by atoms with van der Waals surface area (Å²) in [7, 11) is 0. The Morgan fingerprint density at radius 3 is 2.94 bits per heavy atom. The summed E-state index contributed by atoms with van der Waals surface area (Å²) in [5, 5.41) is 4.08. The largest absolute Gasteiger partial charge is 0.334 e. The van der Waals surface area contributed by atoms with Gasteiger partial charge in [0.25, 0.3) is 5.89 Å². The molecule has 1 aromatic heterocycles. The summed E-state index contributed by atoms with van der Waals surface area (Å²) in [6, 6.07) is 3.98. The SMILES string of the molecule is CCCC(N)c1noc(-c2ccc(Cl)cc2F)n1. The van der Waals surface area contributed by atoms with Crippen molar-refractivity contribution >= 4 is 11.6 Å². The van der Waals surface area contributed by atoms with Crippen LogP contribution in [0, 0.1) is 5.82 Å². The van der Waals surface area contributed by atoms with Crippen molar-refractivity contribution in [3.8, 4) is 11.5 Å². The van der Waals surface area contributed by atoms with Gasteiger partial charge in [0, 0.05) is 5.02 Å². The van der Waals surface area contributed by atoms with Crippen molar-refractivity contribution < 1.29 is 8.91 Å². The number of nitrogens with zero attached hydrogens (tertiary/aromatic N) is 2. The van der Waals surface area contributed by atoms with Crippen molar-refractivity contribution in [3.05, 3.63) is 34.9 Å².